The smallest absolute Gasteiger partial charge is 0.0120 e. The van der Waals surface area contributed by atoms with E-state index in [1.54, 1.807) is 0 Å². The van der Waals surface area contributed by atoms with E-state index in [1.165, 1.54) is 90.8 Å². The maximum Gasteiger partial charge on any atom is 0.0120 e. The van der Waals surface area contributed by atoms with E-state index in [4.69, 9.17) is 0 Å². The predicted molar refractivity (Wildman–Crippen MR) is 87.5 cm³/mol. The predicted octanol–water partition coefficient (Wildman–Crippen LogP) is 2.28. The van der Waals surface area contributed by atoms with E-state index < -0.39 is 0 Å². The fraction of sp³-hybridized carbons (Fsp3) is 1.00. The van der Waals surface area contributed by atoms with Crippen molar-refractivity contribution < 1.29 is 0 Å². The quantitative estimate of drug-likeness (QED) is 0.790. The molecule has 120 valence electrons. The second kappa shape index (κ2) is 5.82. The van der Waals surface area contributed by atoms with E-state index in [0.717, 1.165) is 12.0 Å². The van der Waals surface area contributed by atoms with Crippen LogP contribution in [0.4, 0.5) is 0 Å². The summed E-state index contributed by atoms with van der Waals surface area (Å²) in [6, 6.07) is 0.888. The van der Waals surface area contributed by atoms with Gasteiger partial charge in [0.25, 0.3) is 0 Å². The first kappa shape index (κ1) is 14.5. The zero-order valence-electron chi connectivity index (χ0n) is 13.9. The molecule has 0 amide bonds. The Bertz CT molecular complexity index is 359. The van der Waals surface area contributed by atoms with Crippen LogP contribution in [0, 0.1) is 11.3 Å². The van der Waals surface area contributed by atoms with Gasteiger partial charge in [0.2, 0.25) is 0 Å². The van der Waals surface area contributed by atoms with Gasteiger partial charge in [0, 0.05) is 25.7 Å². The Morgan fingerprint density at radius 1 is 0.905 bits per heavy atom. The third-order valence-corrected chi connectivity index (χ3v) is 6.63. The van der Waals surface area contributed by atoms with Gasteiger partial charge < -0.3 is 9.80 Å². The summed E-state index contributed by atoms with van der Waals surface area (Å²) in [7, 11) is 2.28. The van der Waals surface area contributed by atoms with Gasteiger partial charge in [-0.25, -0.2) is 0 Å². The monoisotopic (exact) mass is 291 g/mol. The molecule has 4 fully saturated rings. The van der Waals surface area contributed by atoms with Crippen molar-refractivity contribution in [3.05, 3.63) is 0 Å². The van der Waals surface area contributed by atoms with Crippen molar-refractivity contribution in [1.29, 1.82) is 0 Å². The standard InChI is InChI=1S/C18H33N3/c1-19-10-5-17(6-11-19)21-12-8-18(15-21)7-2-9-20(14-18)13-16-3-4-16/h16-17H,2-15H2,1H3/t18-/m0/s1. The Morgan fingerprint density at radius 2 is 1.71 bits per heavy atom. The molecule has 0 bridgehead atoms. The average molecular weight is 291 g/mol. The van der Waals surface area contributed by atoms with Crippen LogP contribution in [0.5, 0.6) is 0 Å². The van der Waals surface area contributed by atoms with Crippen LogP contribution in [-0.4, -0.2) is 73.6 Å². The number of piperidine rings is 2. The second-order valence-corrected chi connectivity index (χ2v) is 8.54. The lowest BCUT2D eigenvalue weighted by Gasteiger charge is -2.42. The molecule has 4 aliphatic rings. The first-order valence-corrected chi connectivity index (χ1v) is 9.37. The molecule has 21 heavy (non-hydrogen) atoms. The van der Waals surface area contributed by atoms with E-state index in [0.29, 0.717) is 5.41 Å². The Morgan fingerprint density at radius 3 is 2.48 bits per heavy atom. The summed E-state index contributed by atoms with van der Waals surface area (Å²) in [5.41, 5.74) is 0.663. The molecule has 0 aromatic rings. The normalized spacial score (nSPS) is 37.6. The summed E-state index contributed by atoms with van der Waals surface area (Å²) in [5, 5.41) is 0. The highest BCUT2D eigenvalue weighted by atomic mass is 15.2. The van der Waals surface area contributed by atoms with Crippen molar-refractivity contribution in [3.63, 3.8) is 0 Å². The van der Waals surface area contributed by atoms with Crippen molar-refractivity contribution in [3.8, 4) is 0 Å². The molecule has 3 heteroatoms. The van der Waals surface area contributed by atoms with Crippen molar-refractivity contribution in [1.82, 2.24) is 14.7 Å². The fourth-order valence-corrected chi connectivity index (χ4v) is 5.11. The highest BCUT2D eigenvalue weighted by Crippen LogP contribution is 2.41. The van der Waals surface area contributed by atoms with Crippen molar-refractivity contribution in [2.45, 2.75) is 51.0 Å². The first-order valence-electron chi connectivity index (χ1n) is 9.37. The molecule has 0 radical (unpaired) electrons. The summed E-state index contributed by atoms with van der Waals surface area (Å²) in [5.74, 6) is 1.06. The molecule has 3 saturated heterocycles. The van der Waals surface area contributed by atoms with Gasteiger partial charge in [0.1, 0.15) is 0 Å². The molecule has 3 heterocycles. The van der Waals surface area contributed by atoms with Crippen LogP contribution in [0.1, 0.15) is 44.9 Å². The number of nitrogens with zero attached hydrogens (tertiary/aromatic N) is 3. The van der Waals surface area contributed by atoms with Gasteiger partial charge >= 0.3 is 0 Å². The van der Waals surface area contributed by atoms with Gasteiger partial charge in [-0.3, -0.25) is 4.90 Å². The average Bonchev–Trinajstić information content (AvgIpc) is 3.21. The number of rotatable bonds is 3. The largest absolute Gasteiger partial charge is 0.306 e. The molecule has 4 rings (SSSR count). The Kier molecular flexibility index (Phi) is 4.01. The molecule has 1 atom stereocenters. The molecule has 1 spiro atoms. The summed E-state index contributed by atoms with van der Waals surface area (Å²) in [6.45, 7) is 9.60. The van der Waals surface area contributed by atoms with Crippen LogP contribution < -0.4 is 0 Å². The van der Waals surface area contributed by atoms with Gasteiger partial charge in [0.15, 0.2) is 0 Å². The molecular weight excluding hydrogens is 258 g/mol. The number of hydrogen-bond donors (Lipinski definition) is 0. The minimum Gasteiger partial charge on any atom is -0.306 e. The van der Waals surface area contributed by atoms with E-state index in [2.05, 4.69) is 21.7 Å². The van der Waals surface area contributed by atoms with Gasteiger partial charge in [-0.2, -0.15) is 0 Å². The van der Waals surface area contributed by atoms with Crippen LogP contribution in [0.3, 0.4) is 0 Å². The van der Waals surface area contributed by atoms with Crippen LogP contribution in [0.15, 0.2) is 0 Å². The Balaban J connectivity index is 1.33. The zero-order valence-corrected chi connectivity index (χ0v) is 13.9. The molecule has 0 aromatic heterocycles. The molecule has 1 saturated carbocycles. The van der Waals surface area contributed by atoms with Crippen molar-refractivity contribution >= 4 is 0 Å². The fourth-order valence-electron chi connectivity index (χ4n) is 5.11. The summed E-state index contributed by atoms with van der Waals surface area (Å²) < 4.78 is 0. The van der Waals surface area contributed by atoms with Gasteiger partial charge in [-0.1, -0.05) is 0 Å². The molecule has 0 aromatic carbocycles. The Labute approximate surface area is 130 Å². The lowest BCUT2D eigenvalue weighted by atomic mass is 9.79. The summed E-state index contributed by atoms with van der Waals surface area (Å²) in [4.78, 5) is 8.19. The van der Waals surface area contributed by atoms with Crippen molar-refractivity contribution in [2.24, 2.45) is 11.3 Å². The third kappa shape index (κ3) is 3.30. The van der Waals surface area contributed by atoms with Gasteiger partial charge in [-0.05, 0) is 89.5 Å². The minimum absolute atomic E-state index is 0.663. The SMILES string of the molecule is CN1CCC(N2CC[C@]3(CCCN(CC4CC4)C3)C2)CC1. The summed E-state index contributed by atoms with van der Waals surface area (Å²) in [6.07, 6.45) is 10.2. The lowest BCUT2D eigenvalue weighted by Crippen LogP contribution is -2.47. The second-order valence-electron chi connectivity index (χ2n) is 8.54. The maximum absolute atomic E-state index is 2.87. The molecule has 0 unspecified atom stereocenters. The van der Waals surface area contributed by atoms with Crippen molar-refractivity contribution in [2.75, 3.05) is 52.9 Å². The Hall–Kier alpha value is -0.120. The highest BCUT2D eigenvalue weighted by Gasteiger charge is 2.43. The first-order chi connectivity index (χ1) is 10.2. The molecule has 0 N–H and O–H groups in total. The van der Waals surface area contributed by atoms with Crippen LogP contribution in [0.2, 0.25) is 0 Å². The van der Waals surface area contributed by atoms with E-state index in [1.807, 2.05) is 0 Å². The number of hydrogen-bond acceptors (Lipinski definition) is 3. The van der Waals surface area contributed by atoms with Gasteiger partial charge in [0.05, 0.1) is 0 Å². The zero-order chi connectivity index (χ0) is 14.3. The minimum atomic E-state index is 0.663. The van der Waals surface area contributed by atoms with E-state index >= 15 is 0 Å². The molecule has 1 aliphatic carbocycles. The lowest BCUT2D eigenvalue weighted by molar-refractivity contribution is 0.0738. The topological polar surface area (TPSA) is 9.72 Å². The molecule has 3 nitrogen and oxygen atoms in total. The highest BCUT2D eigenvalue weighted by molar-refractivity contribution is 4.98. The van der Waals surface area contributed by atoms with E-state index in [-0.39, 0.29) is 0 Å². The summed E-state index contributed by atoms with van der Waals surface area (Å²) >= 11 is 0. The number of likely N-dealkylation sites (tertiary alicyclic amines) is 3. The maximum atomic E-state index is 2.87. The molecular formula is C18H33N3. The third-order valence-electron chi connectivity index (χ3n) is 6.63. The van der Waals surface area contributed by atoms with E-state index in [9.17, 15) is 0 Å². The molecule has 3 aliphatic heterocycles. The van der Waals surface area contributed by atoms with Crippen LogP contribution in [0.25, 0.3) is 0 Å². The van der Waals surface area contributed by atoms with Crippen LogP contribution >= 0.6 is 0 Å². The van der Waals surface area contributed by atoms with Crippen LogP contribution in [-0.2, 0) is 0 Å². The van der Waals surface area contributed by atoms with Gasteiger partial charge in [-0.15, -0.1) is 0 Å².